The van der Waals surface area contributed by atoms with E-state index in [1.54, 1.807) is 0 Å². The molecule has 1 rings (SSSR count). The number of aryl methyl sites for hydroxylation is 2. The molecular formula is C17H31N3O2. The number of guanidine groups is 1. The summed E-state index contributed by atoms with van der Waals surface area (Å²) in [5, 5.41) is 6.59. The predicted octanol–water partition coefficient (Wildman–Crippen LogP) is 3.16. The molecule has 0 atom stereocenters. The van der Waals surface area contributed by atoms with Gasteiger partial charge in [0.1, 0.15) is 11.5 Å². The van der Waals surface area contributed by atoms with Gasteiger partial charge in [0, 0.05) is 31.9 Å². The first-order valence-corrected chi connectivity index (χ1v) is 8.33. The maximum Gasteiger partial charge on any atom is 0.191 e. The van der Waals surface area contributed by atoms with Crippen molar-refractivity contribution >= 4 is 5.96 Å². The minimum Gasteiger partial charge on any atom is -0.466 e. The molecule has 0 fully saturated rings. The first-order chi connectivity index (χ1) is 10.7. The van der Waals surface area contributed by atoms with Gasteiger partial charge in [-0.15, -0.1) is 0 Å². The van der Waals surface area contributed by atoms with Crippen molar-refractivity contribution < 1.29 is 9.15 Å². The van der Waals surface area contributed by atoms with Crippen LogP contribution in [-0.2, 0) is 11.3 Å². The molecular weight excluding hydrogens is 278 g/mol. The third-order valence-electron chi connectivity index (χ3n) is 3.30. The normalized spacial score (nSPS) is 11.7. The fourth-order valence-corrected chi connectivity index (χ4v) is 2.08. The van der Waals surface area contributed by atoms with E-state index in [1.807, 2.05) is 19.9 Å². The monoisotopic (exact) mass is 309 g/mol. The Balaban J connectivity index is 2.31. The van der Waals surface area contributed by atoms with Crippen molar-refractivity contribution in [2.24, 2.45) is 4.99 Å². The Labute approximate surface area is 134 Å². The number of unbranched alkanes of at least 4 members (excludes halogenated alkanes) is 1. The number of nitrogens with zero attached hydrogens (tertiary/aromatic N) is 1. The van der Waals surface area contributed by atoms with Crippen molar-refractivity contribution in [2.45, 2.75) is 53.5 Å². The van der Waals surface area contributed by atoms with Crippen LogP contribution in [0.5, 0.6) is 0 Å². The van der Waals surface area contributed by atoms with E-state index in [-0.39, 0.29) is 0 Å². The average Bonchev–Trinajstić information content (AvgIpc) is 2.81. The van der Waals surface area contributed by atoms with Gasteiger partial charge in [0.05, 0.1) is 6.54 Å². The second-order valence-electron chi connectivity index (χ2n) is 5.38. The minimum absolute atomic E-state index is 0.630. The number of rotatable bonds is 10. The van der Waals surface area contributed by atoms with E-state index in [1.165, 1.54) is 6.42 Å². The van der Waals surface area contributed by atoms with Crippen LogP contribution in [-0.4, -0.2) is 32.3 Å². The molecule has 0 spiro atoms. The van der Waals surface area contributed by atoms with Gasteiger partial charge >= 0.3 is 0 Å². The molecule has 0 aliphatic rings. The number of hydrogen-bond acceptors (Lipinski definition) is 3. The molecule has 22 heavy (non-hydrogen) atoms. The molecule has 0 aliphatic carbocycles. The molecule has 5 nitrogen and oxygen atoms in total. The summed E-state index contributed by atoms with van der Waals surface area (Å²) in [6.07, 6.45) is 3.31. The van der Waals surface area contributed by atoms with E-state index < -0.39 is 0 Å². The highest BCUT2D eigenvalue weighted by Crippen LogP contribution is 2.14. The van der Waals surface area contributed by atoms with Gasteiger partial charge in [-0.1, -0.05) is 13.3 Å². The standard InChI is InChI=1S/C17H31N3O2/c1-5-7-10-21-11-8-9-19-17(18-6-2)20-13-16-12-14(3)22-15(16)4/h12H,5-11,13H2,1-4H3,(H2,18,19,20). The fraction of sp³-hybridized carbons (Fsp3) is 0.706. The summed E-state index contributed by atoms with van der Waals surface area (Å²) in [4.78, 5) is 4.60. The van der Waals surface area contributed by atoms with E-state index in [0.717, 1.165) is 62.2 Å². The van der Waals surface area contributed by atoms with E-state index in [2.05, 4.69) is 29.5 Å². The van der Waals surface area contributed by atoms with Crippen LogP contribution >= 0.6 is 0 Å². The SMILES string of the molecule is CCCCOCCCNC(=NCc1cc(C)oc1C)NCC. The van der Waals surface area contributed by atoms with Gasteiger partial charge in [0.2, 0.25) is 0 Å². The highest BCUT2D eigenvalue weighted by atomic mass is 16.5. The Morgan fingerprint density at radius 2 is 1.95 bits per heavy atom. The van der Waals surface area contributed by atoms with Crippen LogP contribution < -0.4 is 10.6 Å². The topological polar surface area (TPSA) is 58.8 Å². The van der Waals surface area contributed by atoms with E-state index >= 15 is 0 Å². The summed E-state index contributed by atoms with van der Waals surface area (Å²) in [6, 6.07) is 2.05. The molecule has 5 heteroatoms. The number of hydrogen-bond donors (Lipinski definition) is 2. The second-order valence-corrected chi connectivity index (χ2v) is 5.38. The van der Waals surface area contributed by atoms with Gasteiger partial charge < -0.3 is 19.8 Å². The number of ether oxygens (including phenoxy) is 1. The summed E-state index contributed by atoms with van der Waals surface area (Å²) in [5.74, 6) is 2.72. The summed E-state index contributed by atoms with van der Waals surface area (Å²) in [6.45, 7) is 12.2. The van der Waals surface area contributed by atoms with Crippen molar-refractivity contribution in [3.8, 4) is 0 Å². The summed E-state index contributed by atoms with van der Waals surface area (Å²) in [5.41, 5.74) is 1.14. The lowest BCUT2D eigenvalue weighted by Gasteiger charge is -2.11. The summed E-state index contributed by atoms with van der Waals surface area (Å²) < 4.78 is 11.1. The zero-order valence-corrected chi connectivity index (χ0v) is 14.5. The third-order valence-corrected chi connectivity index (χ3v) is 3.30. The molecule has 126 valence electrons. The van der Waals surface area contributed by atoms with E-state index in [9.17, 15) is 0 Å². The van der Waals surface area contributed by atoms with Gasteiger partial charge in [0.15, 0.2) is 5.96 Å². The maximum atomic E-state index is 5.55. The molecule has 0 aromatic carbocycles. The lowest BCUT2D eigenvalue weighted by Crippen LogP contribution is -2.38. The van der Waals surface area contributed by atoms with Gasteiger partial charge in [-0.3, -0.25) is 0 Å². The Morgan fingerprint density at radius 1 is 1.18 bits per heavy atom. The smallest absolute Gasteiger partial charge is 0.191 e. The Morgan fingerprint density at radius 3 is 2.59 bits per heavy atom. The second kappa shape index (κ2) is 11.1. The summed E-state index contributed by atoms with van der Waals surface area (Å²) >= 11 is 0. The number of nitrogens with one attached hydrogen (secondary N) is 2. The highest BCUT2D eigenvalue weighted by Gasteiger charge is 2.04. The zero-order valence-electron chi connectivity index (χ0n) is 14.5. The van der Waals surface area contributed by atoms with Crippen LogP contribution in [0.2, 0.25) is 0 Å². The molecule has 2 N–H and O–H groups in total. The van der Waals surface area contributed by atoms with Crippen molar-refractivity contribution in [1.82, 2.24) is 10.6 Å². The first kappa shape index (κ1) is 18.6. The fourth-order valence-electron chi connectivity index (χ4n) is 2.08. The Bertz CT molecular complexity index is 441. The molecule has 0 saturated heterocycles. The predicted molar refractivity (Wildman–Crippen MR) is 91.3 cm³/mol. The molecule has 0 amide bonds. The molecule has 1 aromatic rings. The molecule has 0 unspecified atom stereocenters. The van der Waals surface area contributed by atoms with Crippen molar-refractivity contribution in [3.05, 3.63) is 23.2 Å². The lowest BCUT2D eigenvalue weighted by atomic mass is 10.2. The van der Waals surface area contributed by atoms with E-state index in [4.69, 9.17) is 9.15 Å². The minimum atomic E-state index is 0.630. The molecule has 0 aliphatic heterocycles. The molecule has 1 aromatic heterocycles. The van der Waals surface area contributed by atoms with Gasteiger partial charge in [-0.2, -0.15) is 0 Å². The molecule has 0 bridgehead atoms. The van der Waals surface area contributed by atoms with Gasteiger partial charge in [-0.25, -0.2) is 4.99 Å². The average molecular weight is 309 g/mol. The van der Waals surface area contributed by atoms with Crippen LogP contribution in [0.1, 0.15) is 50.2 Å². The van der Waals surface area contributed by atoms with Crippen molar-refractivity contribution in [1.29, 1.82) is 0 Å². The number of aliphatic imine (C=N–C) groups is 1. The van der Waals surface area contributed by atoms with E-state index in [0.29, 0.717) is 6.54 Å². The van der Waals surface area contributed by atoms with Crippen LogP contribution in [0.4, 0.5) is 0 Å². The number of furan rings is 1. The first-order valence-electron chi connectivity index (χ1n) is 8.33. The summed E-state index contributed by atoms with van der Waals surface area (Å²) in [7, 11) is 0. The van der Waals surface area contributed by atoms with Crippen LogP contribution in [0.3, 0.4) is 0 Å². The largest absolute Gasteiger partial charge is 0.466 e. The quantitative estimate of drug-likeness (QED) is 0.396. The molecule has 0 saturated carbocycles. The highest BCUT2D eigenvalue weighted by molar-refractivity contribution is 5.79. The van der Waals surface area contributed by atoms with Crippen LogP contribution in [0.15, 0.2) is 15.5 Å². The van der Waals surface area contributed by atoms with Crippen molar-refractivity contribution in [2.75, 3.05) is 26.3 Å². The molecule has 0 radical (unpaired) electrons. The van der Waals surface area contributed by atoms with Gasteiger partial charge in [0.25, 0.3) is 0 Å². The zero-order chi connectivity index (χ0) is 16.2. The van der Waals surface area contributed by atoms with Gasteiger partial charge in [-0.05, 0) is 39.7 Å². The van der Waals surface area contributed by atoms with Crippen LogP contribution in [0.25, 0.3) is 0 Å². The Kier molecular flexibility index (Phi) is 9.39. The molecule has 1 heterocycles. The van der Waals surface area contributed by atoms with Crippen LogP contribution in [0, 0.1) is 13.8 Å². The lowest BCUT2D eigenvalue weighted by molar-refractivity contribution is 0.129. The third kappa shape index (κ3) is 7.50. The maximum absolute atomic E-state index is 5.55. The van der Waals surface area contributed by atoms with Crippen molar-refractivity contribution in [3.63, 3.8) is 0 Å². The Hall–Kier alpha value is -1.49.